The Morgan fingerprint density at radius 1 is 1.15 bits per heavy atom. The number of benzene rings is 2. The van der Waals surface area contributed by atoms with E-state index in [4.69, 9.17) is 9.47 Å². The monoisotopic (exact) mass is 373 g/mol. The summed E-state index contributed by atoms with van der Waals surface area (Å²) in [7, 11) is 2.65. The Morgan fingerprint density at radius 2 is 1.89 bits per heavy atom. The molecule has 2 aromatic carbocycles. The maximum atomic E-state index is 13.9. The highest BCUT2D eigenvalue weighted by atomic mass is 19.1. The van der Waals surface area contributed by atoms with Gasteiger partial charge < -0.3 is 14.8 Å². The fourth-order valence-electron chi connectivity index (χ4n) is 2.73. The predicted molar refractivity (Wildman–Crippen MR) is 95.7 cm³/mol. The Hall–Kier alpha value is -3.29. The summed E-state index contributed by atoms with van der Waals surface area (Å²) < 4.78 is 36.9. The molecule has 1 N–H and O–H groups in total. The number of ether oxygens (including phenoxy) is 2. The maximum absolute atomic E-state index is 13.9. The maximum Gasteiger partial charge on any atom is 0.314 e. The lowest BCUT2D eigenvalue weighted by atomic mass is 9.99. The van der Waals surface area contributed by atoms with Crippen molar-refractivity contribution in [2.75, 3.05) is 26.1 Å². The molecule has 0 amide bonds. The van der Waals surface area contributed by atoms with Crippen molar-refractivity contribution in [3.05, 3.63) is 59.9 Å². The van der Waals surface area contributed by atoms with E-state index in [0.717, 1.165) is 0 Å². The standard InChI is InChI=1S/C19H17F2N3O3/c1-26-17-7-13-16(8-15(17)21)23-10-24-18(13)22-9-14(19(25)27-2)11-3-5-12(20)6-4-11/h3-8,10,14H,9H2,1-2H3,(H,22,23,24). The number of nitrogens with zero attached hydrogens (tertiary/aromatic N) is 2. The molecule has 0 bridgehead atoms. The van der Waals surface area contributed by atoms with Crippen molar-refractivity contribution in [1.29, 1.82) is 0 Å². The van der Waals surface area contributed by atoms with Crippen LogP contribution in [-0.2, 0) is 9.53 Å². The second-order valence-corrected chi connectivity index (χ2v) is 5.73. The van der Waals surface area contributed by atoms with Crippen molar-refractivity contribution in [2.45, 2.75) is 5.92 Å². The molecule has 6 nitrogen and oxygen atoms in total. The zero-order valence-corrected chi connectivity index (χ0v) is 14.7. The van der Waals surface area contributed by atoms with Gasteiger partial charge in [-0.25, -0.2) is 18.7 Å². The first-order chi connectivity index (χ1) is 13.0. The SMILES string of the molecule is COC(=O)C(CNc1ncnc2cc(F)c(OC)cc12)c1ccc(F)cc1. The number of carbonyl (C=O) groups is 1. The summed E-state index contributed by atoms with van der Waals surface area (Å²) in [5, 5.41) is 3.60. The normalized spacial score (nSPS) is 11.9. The third-order valence-corrected chi connectivity index (χ3v) is 4.14. The number of aromatic nitrogens is 2. The second-order valence-electron chi connectivity index (χ2n) is 5.73. The van der Waals surface area contributed by atoms with Crippen LogP contribution in [0, 0.1) is 11.6 Å². The van der Waals surface area contributed by atoms with E-state index in [0.29, 0.717) is 22.3 Å². The zero-order valence-electron chi connectivity index (χ0n) is 14.7. The molecule has 0 saturated heterocycles. The third kappa shape index (κ3) is 3.94. The van der Waals surface area contributed by atoms with Gasteiger partial charge in [0.2, 0.25) is 0 Å². The smallest absolute Gasteiger partial charge is 0.314 e. The number of methoxy groups -OCH3 is 2. The topological polar surface area (TPSA) is 73.3 Å². The van der Waals surface area contributed by atoms with Crippen molar-refractivity contribution in [3.8, 4) is 5.75 Å². The van der Waals surface area contributed by atoms with Crippen molar-refractivity contribution >= 4 is 22.7 Å². The first-order valence-electron chi connectivity index (χ1n) is 8.09. The van der Waals surface area contributed by atoms with Gasteiger partial charge in [0.1, 0.15) is 18.0 Å². The van der Waals surface area contributed by atoms with Gasteiger partial charge in [0.25, 0.3) is 0 Å². The lowest BCUT2D eigenvalue weighted by molar-refractivity contribution is -0.142. The number of halogens is 2. The van der Waals surface area contributed by atoms with E-state index in [1.807, 2.05) is 0 Å². The van der Waals surface area contributed by atoms with Gasteiger partial charge in [0.05, 0.1) is 25.7 Å². The molecule has 0 saturated carbocycles. The molecule has 1 atom stereocenters. The molecule has 0 fully saturated rings. The van der Waals surface area contributed by atoms with Crippen LogP contribution < -0.4 is 10.1 Å². The molecule has 27 heavy (non-hydrogen) atoms. The van der Waals surface area contributed by atoms with Gasteiger partial charge in [-0.2, -0.15) is 0 Å². The van der Waals surface area contributed by atoms with Crippen LogP contribution in [0.15, 0.2) is 42.7 Å². The molecule has 1 aromatic heterocycles. The fraction of sp³-hybridized carbons (Fsp3) is 0.211. The second kappa shape index (κ2) is 7.94. The largest absolute Gasteiger partial charge is 0.494 e. The molecule has 0 radical (unpaired) electrons. The van der Waals surface area contributed by atoms with Crippen LogP contribution in [0.2, 0.25) is 0 Å². The van der Waals surface area contributed by atoms with Crippen molar-refractivity contribution in [3.63, 3.8) is 0 Å². The van der Waals surface area contributed by atoms with E-state index < -0.39 is 23.5 Å². The van der Waals surface area contributed by atoms with E-state index in [1.165, 1.54) is 56.9 Å². The molecular formula is C19H17F2N3O3. The van der Waals surface area contributed by atoms with Gasteiger partial charge in [0.15, 0.2) is 11.6 Å². The minimum atomic E-state index is -0.678. The average molecular weight is 373 g/mol. The zero-order chi connectivity index (χ0) is 19.4. The lowest BCUT2D eigenvalue weighted by Crippen LogP contribution is -2.23. The number of carbonyl (C=O) groups excluding carboxylic acids is 1. The molecule has 140 valence electrons. The van der Waals surface area contributed by atoms with E-state index >= 15 is 0 Å². The van der Waals surface area contributed by atoms with Gasteiger partial charge in [-0.3, -0.25) is 4.79 Å². The summed E-state index contributed by atoms with van der Waals surface area (Å²) in [5.74, 6) is -1.61. The summed E-state index contributed by atoms with van der Waals surface area (Å²) in [6.45, 7) is 0.143. The summed E-state index contributed by atoms with van der Waals surface area (Å²) in [4.78, 5) is 20.4. The van der Waals surface area contributed by atoms with E-state index in [9.17, 15) is 13.6 Å². The van der Waals surface area contributed by atoms with Gasteiger partial charge in [0, 0.05) is 18.0 Å². The molecule has 1 heterocycles. The number of anilines is 1. The van der Waals surface area contributed by atoms with Crippen LogP contribution in [0.5, 0.6) is 5.75 Å². The van der Waals surface area contributed by atoms with Crippen molar-refractivity contribution < 1.29 is 23.0 Å². The van der Waals surface area contributed by atoms with Gasteiger partial charge >= 0.3 is 5.97 Å². The Morgan fingerprint density at radius 3 is 2.56 bits per heavy atom. The molecular weight excluding hydrogens is 356 g/mol. The van der Waals surface area contributed by atoms with Gasteiger partial charge in [-0.1, -0.05) is 12.1 Å². The van der Waals surface area contributed by atoms with Crippen molar-refractivity contribution in [2.24, 2.45) is 0 Å². The first-order valence-corrected chi connectivity index (χ1v) is 8.09. The van der Waals surface area contributed by atoms with Crippen LogP contribution in [0.3, 0.4) is 0 Å². The molecule has 0 aliphatic heterocycles. The quantitative estimate of drug-likeness (QED) is 0.669. The number of hydrogen-bond acceptors (Lipinski definition) is 6. The molecule has 0 spiro atoms. The number of hydrogen-bond donors (Lipinski definition) is 1. The minimum Gasteiger partial charge on any atom is -0.494 e. The molecule has 0 aliphatic rings. The predicted octanol–water partition coefficient (Wildman–Crippen LogP) is 3.29. The average Bonchev–Trinajstić information content (AvgIpc) is 2.68. The highest BCUT2D eigenvalue weighted by molar-refractivity contribution is 5.90. The van der Waals surface area contributed by atoms with E-state index in [-0.39, 0.29) is 12.3 Å². The Kier molecular flexibility index (Phi) is 5.44. The highest BCUT2D eigenvalue weighted by Crippen LogP contribution is 2.28. The van der Waals surface area contributed by atoms with E-state index in [1.54, 1.807) is 0 Å². The summed E-state index contributed by atoms with van der Waals surface area (Å²) in [6.07, 6.45) is 1.29. The number of fused-ring (bicyclic) bond motifs is 1. The summed E-state index contributed by atoms with van der Waals surface area (Å²) in [6, 6.07) is 8.33. The van der Waals surface area contributed by atoms with Crippen LogP contribution in [0.4, 0.5) is 14.6 Å². The van der Waals surface area contributed by atoms with Crippen LogP contribution in [0.1, 0.15) is 11.5 Å². The number of rotatable bonds is 6. The first kappa shape index (κ1) is 18.5. The summed E-state index contributed by atoms with van der Waals surface area (Å²) in [5.41, 5.74) is 0.986. The fourth-order valence-corrected chi connectivity index (χ4v) is 2.73. The van der Waals surface area contributed by atoms with Crippen molar-refractivity contribution in [1.82, 2.24) is 9.97 Å². The van der Waals surface area contributed by atoms with Gasteiger partial charge in [-0.15, -0.1) is 0 Å². The van der Waals surface area contributed by atoms with Gasteiger partial charge in [-0.05, 0) is 23.8 Å². The Bertz CT molecular complexity index is 964. The lowest BCUT2D eigenvalue weighted by Gasteiger charge is -2.17. The molecule has 3 aromatic rings. The van der Waals surface area contributed by atoms with Crippen LogP contribution in [-0.4, -0.2) is 36.7 Å². The summed E-state index contributed by atoms with van der Waals surface area (Å²) >= 11 is 0. The number of esters is 1. The number of nitrogens with one attached hydrogen (secondary N) is 1. The third-order valence-electron chi connectivity index (χ3n) is 4.14. The van der Waals surface area contributed by atoms with Crippen LogP contribution in [0.25, 0.3) is 10.9 Å². The molecule has 1 unspecified atom stereocenters. The molecule has 0 aliphatic carbocycles. The Labute approximate surface area is 154 Å². The highest BCUT2D eigenvalue weighted by Gasteiger charge is 2.22. The molecule has 8 heteroatoms. The van der Waals surface area contributed by atoms with Crippen LogP contribution >= 0.6 is 0 Å². The minimum absolute atomic E-state index is 0.0587. The van der Waals surface area contributed by atoms with E-state index in [2.05, 4.69) is 15.3 Å². The molecule has 3 rings (SSSR count). The Balaban J connectivity index is 1.91.